The van der Waals surface area contributed by atoms with E-state index in [4.69, 9.17) is 9.51 Å². The van der Waals surface area contributed by atoms with E-state index in [2.05, 4.69) is 25.0 Å². The normalized spacial score (nSPS) is 17.4. The number of likely N-dealkylation sites (tertiary alicyclic amines) is 1. The minimum absolute atomic E-state index is 0.311. The Morgan fingerprint density at radius 3 is 2.72 bits per heavy atom. The van der Waals surface area contributed by atoms with Crippen LogP contribution < -0.4 is 4.90 Å². The van der Waals surface area contributed by atoms with Crippen molar-refractivity contribution < 1.29 is 4.52 Å². The molecule has 1 fully saturated rings. The van der Waals surface area contributed by atoms with Crippen molar-refractivity contribution >= 4 is 5.95 Å². The Balaban J connectivity index is 1.67. The van der Waals surface area contributed by atoms with Crippen LogP contribution in [0.2, 0.25) is 0 Å². The quantitative estimate of drug-likeness (QED) is 0.654. The number of nitrogens with zero attached hydrogens (tertiary/aromatic N) is 7. The standard InChI is InChI=1S/C21H27N7O/c1-14-19(15(2)29-26-14)18-11-24-21(27(3)4)25-20(18)16-6-5-9-28(12-16)13-17-10-22-7-8-23-17/h7-8,10-11,16H,5-6,9,12-13H2,1-4H3. The summed E-state index contributed by atoms with van der Waals surface area (Å²) in [5.41, 5.74) is 4.98. The van der Waals surface area contributed by atoms with Gasteiger partial charge in [0, 0.05) is 63.5 Å². The van der Waals surface area contributed by atoms with Crippen molar-refractivity contribution in [3.8, 4) is 11.1 Å². The largest absolute Gasteiger partial charge is 0.361 e. The first-order chi connectivity index (χ1) is 14.0. The fourth-order valence-corrected chi connectivity index (χ4v) is 4.04. The molecule has 29 heavy (non-hydrogen) atoms. The molecular formula is C21H27N7O. The van der Waals surface area contributed by atoms with Gasteiger partial charge in [-0.2, -0.15) is 0 Å². The Morgan fingerprint density at radius 1 is 1.17 bits per heavy atom. The SMILES string of the molecule is Cc1noc(C)c1-c1cnc(N(C)C)nc1C1CCCN(Cc2cnccn2)C1. The average molecular weight is 393 g/mol. The maximum Gasteiger partial charge on any atom is 0.225 e. The molecule has 4 heterocycles. The maximum atomic E-state index is 5.43. The highest BCUT2D eigenvalue weighted by atomic mass is 16.5. The Kier molecular flexibility index (Phi) is 5.53. The van der Waals surface area contributed by atoms with Gasteiger partial charge < -0.3 is 9.42 Å². The van der Waals surface area contributed by atoms with Gasteiger partial charge in [0.05, 0.1) is 22.6 Å². The summed E-state index contributed by atoms with van der Waals surface area (Å²) in [6.07, 6.45) is 9.44. The molecule has 0 radical (unpaired) electrons. The van der Waals surface area contributed by atoms with Gasteiger partial charge in [0.25, 0.3) is 0 Å². The molecule has 1 atom stereocenters. The Labute approximate surface area is 171 Å². The molecule has 8 heteroatoms. The molecule has 1 aliphatic rings. The first-order valence-corrected chi connectivity index (χ1v) is 9.97. The van der Waals surface area contributed by atoms with Crippen LogP contribution in [0.4, 0.5) is 5.95 Å². The minimum atomic E-state index is 0.311. The molecule has 0 N–H and O–H groups in total. The molecule has 3 aromatic rings. The maximum absolute atomic E-state index is 5.43. The van der Waals surface area contributed by atoms with Gasteiger partial charge in [-0.3, -0.25) is 14.9 Å². The lowest BCUT2D eigenvalue weighted by molar-refractivity contribution is 0.196. The zero-order valence-electron chi connectivity index (χ0n) is 17.5. The van der Waals surface area contributed by atoms with Gasteiger partial charge in [-0.15, -0.1) is 0 Å². The molecule has 0 spiro atoms. The number of aromatic nitrogens is 5. The summed E-state index contributed by atoms with van der Waals surface area (Å²) in [5.74, 6) is 1.84. The molecule has 152 valence electrons. The van der Waals surface area contributed by atoms with E-state index >= 15 is 0 Å². The van der Waals surface area contributed by atoms with E-state index in [0.29, 0.717) is 5.92 Å². The van der Waals surface area contributed by atoms with Crippen LogP contribution in [-0.2, 0) is 6.54 Å². The number of hydrogen-bond acceptors (Lipinski definition) is 8. The highest BCUT2D eigenvalue weighted by molar-refractivity contribution is 5.70. The lowest BCUT2D eigenvalue weighted by Gasteiger charge is -2.33. The van der Waals surface area contributed by atoms with E-state index in [1.54, 1.807) is 12.4 Å². The molecular weight excluding hydrogens is 366 g/mol. The average Bonchev–Trinajstić information content (AvgIpc) is 3.06. The van der Waals surface area contributed by atoms with Gasteiger partial charge in [0.15, 0.2) is 0 Å². The van der Waals surface area contributed by atoms with Crippen molar-refractivity contribution in [1.29, 1.82) is 0 Å². The van der Waals surface area contributed by atoms with Gasteiger partial charge in [-0.1, -0.05) is 5.16 Å². The molecule has 0 aliphatic carbocycles. The zero-order valence-corrected chi connectivity index (χ0v) is 17.5. The summed E-state index contributed by atoms with van der Waals surface area (Å²) in [4.78, 5) is 22.5. The van der Waals surface area contributed by atoms with E-state index in [1.165, 1.54) is 0 Å². The van der Waals surface area contributed by atoms with Crippen LogP contribution in [0.1, 0.15) is 41.6 Å². The molecule has 4 rings (SSSR count). The molecule has 0 bridgehead atoms. The van der Waals surface area contributed by atoms with E-state index in [1.807, 2.05) is 45.2 Å². The van der Waals surface area contributed by atoms with Gasteiger partial charge in [-0.25, -0.2) is 9.97 Å². The number of piperidine rings is 1. The van der Waals surface area contributed by atoms with Crippen molar-refractivity contribution in [1.82, 2.24) is 30.0 Å². The Morgan fingerprint density at radius 2 is 2.03 bits per heavy atom. The van der Waals surface area contributed by atoms with Crippen molar-refractivity contribution in [2.24, 2.45) is 0 Å². The first kappa shape index (κ1) is 19.4. The summed E-state index contributed by atoms with van der Waals surface area (Å²) in [7, 11) is 3.94. The molecule has 0 amide bonds. The molecule has 1 saturated heterocycles. The highest BCUT2D eigenvalue weighted by Gasteiger charge is 2.28. The summed E-state index contributed by atoms with van der Waals surface area (Å²) >= 11 is 0. The molecule has 3 aromatic heterocycles. The predicted molar refractivity (Wildman–Crippen MR) is 111 cm³/mol. The lowest BCUT2D eigenvalue weighted by Crippen LogP contribution is -2.35. The van der Waals surface area contributed by atoms with Gasteiger partial charge in [-0.05, 0) is 33.2 Å². The van der Waals surface area contributed by atoms with Gasteiger partial charge in [0.1, 0.15) is 5.76 Å². The summed E-state index contributed by atoms with van der Waals surface area (Å²) < 4.78 is 5.43. The van der Waals surface area contributed by atoms with Crippen molar-refractivity contribution in [2.75, 3.05) is 32.1 Å². The van der Waals surface area contributed by atoms with Crippen LogP contribution in [0.3, 0.4) is 0 Å². The van der Waals surface area contributed by atoms with E-state index in [-0.39, 0.29) is 0 Å². The van der Waals surface area contributed by atoms with Crippen LogP contribution in [0.5, 0.6) is 0 Å². The number of aryl methyl sites for hydroxylation is 2. The van der Waals surface area contributed by atoms with Gasteiger partial charge >= 0.3 is 0 Å². The number of anilines is 1. The first-order valence-electron chi connectivity index (χ1n) is 9.97. The summed E-state index contributed by atoms with van der Waals surface area (Å²) in [6.45, 7) is 6.70. The Bertz CT molecular complexity index is 951. The van der Waals surface area contributed by atoms with E-state index in [9.17, 15) is 0 Å². The van der Waals surface area contributed by atoms with Crippen LogP contribution >= 0.6 is 0 Å². The van der Waals surface area contributed by atoms with Crippen LogP contribution in [0.25, 0.3) is 11.1 Å². The van der Waals surface area contributed by atoms with Crippen LogP contribution in [0.15, 0.2) is 29.3 Å². The highest BCUT2D eigenvalue weighted by Crippen LogP contribution is 2.36. The topological polar surface area (TPSA) is 84.1 Å². The molecule has 0 saturated carbocycles. The third kappa shape index (κ3) is 4.12. The second-order valence-corrected chi connectivity index (χ2v) is 7.83. The molecule has 0 aromatic carbocycles. The summed E-state index contributed by atoms with van der Waals surface area (Å²) in [6, 6.07) is 0. The monoisotopic (exact) mass is 393 g/mol. The molecule has 1 unspecified atom stereocenters. The third-order valence-corrected chi connectivity index (χ3v) is 5.40. The second kappa shape index (κ2) is 8.24. The molecule has 1 aliphatic heterocycles. The number of hydrogen-bond donors (Lipinski definition) is 0. The van der Waals surface area contributed by atoms with E-state index < -0.39 is 0 Å². The van der Waals surface area contributed by atoms with Crippen molar-refractivity contribution in [3.05, 3.63) is 47.6 Å². The fraction of sp³-hybridized carbons (Fsp3) is 0.476. The lowest BCUT2D eigenvalue weighted by atomic mass is 9.89. The summed E-state index contributed by atoms with van der Waals surface area (Å²) in [5, 5.41) is 4.14. The minimum Gasteiger partial charge on any atom is -0.361 e. The molecule has 8 nitrogen and oxygen atoms in total. The second-order valence-electron chi connectivity index (χ2n) is 7.83. The number of rotatable bonds is 5. The zero-order chi connectivity index (χ0) is 20.4. The fourth-order valence-electron chi connectivity index (χ4n) is 4.04. The van der Waals surface area contributed by atoms with Crippen molar-refractivity contribution in [2.45, 2.75) is 39.2 Å². The van der Waals surface area contributed by atoms with Gasteiger partial charge in [0.2, 0.25) is 5.95 Å². The van der Waals surface area contributed by atoms with Crippen molar-refractivity contribution in [3.63, 3.8) is 0 Å². The predicted octanol–water partition coefficient (Wildman–Crippen LogP) is 2.98. The van der Waals surface area contributed by atoms with Crippen LogP contribution in [-0.4, -0.2) is 57.2 Å². The smallest absolute Gasteiger partial charge is 0.225 e. The van der Waals surface area contributed by atoms with Crippen LogP contribution in [0, 0.1) is 13.8 Å². The third-order valence-electron chi connectivity index (χ3n) is 5.40. The van der Waals surface area contributed by atoms with E-state index in [0.717, 1.165) is 72.4 Å². The Hall–Kier alpha value is -2.87.